The predicted octanol–water partition coefficient (Wildman–Crippen LogP) is 12.5. The fraction of sp³-hybridized carbons (Fsp3) is 0.444. The van der Waals surface area contributed by atoms with Crippen LogP contribution in [0.4, 0.5) is 0 Å². The lowest BCUT2D eigenvalue weighted by molar-refractivity contribution is 0.0805. The Labute approximate surface area is 340 Å². The van der Waals surface area contributed by atoms with Crippen LogP contribution in [0.3, 0.4) is 0 Å². The maximum Gasteiger partial charge on any atom is 0.264 e. The summed E-state index contributed by atoms with van der Waals surface area (Å²) in [5, 5.41) is 3.29. The zero-order valence-electron chi connectivity index (χ0n) is 34.8. The molecular weight excluding hydrogens is 753 g/mol. The van der Waals surface area contributed by atoms with Gasteiger partial charge in [-0.15, -0.1) is 0 Å². The van der Waals surface area contributed by atoms with Gasteiger partial charge in [0.1, 0.15) is 0 Å². The Morgan fingerprint density at radius 1 is 0.636 bits per heavy atom. The first kappa shape index (κ1) is 47.9. The fourth-order valence-corrected chi connectivity index (χ4v) is 5.83. The number of hydrogen-bond donors (Lipinski definition) is 0. The molecule has 0 fully saturated rings. The molecule has 5 rings (SSSR count). The minimum atomic E-state index is -3.26. The monoisotopic (exact) mass is 813 g/mol. The van der Waals surface area contributed by atoms with E-state index in [9.17, 15) is 13.2 Å². The first-order chi connectivity index (χ1) is 25.5. The van der Waals surface area contributed by atoms with Crippen molar-refractivity contribution >= 4 is 60.9 Å². The van der Waals surface area contributed by atoms with Crippen LogP contribution in [0.1, 0.15) is 92.1 Å². The smallest absolute Gasteiger partial charge is 0.264 e. The normalized spacial score (nSPS) is 11.9. The number of ether oxygens (including phenoxy) is 2. The van der Waals surface area contributed by atoms with Crippen molar-refractivity contribution in [3.05, 3.63) is 112 Å². The number of para-hydroxylation sites is 2. The van der Waals surface area contributed by atoms with Gasteiger partial charge in [-0.25, -0.2) is 0 Å². The molecule has 0 saturated heterocycles. The highest BCUT2D eigenvalue weighted by Crippen LogP contribution is 2.32. The second-order valence-electron chi connectivity index (χ2n) is 16.8. The molecule has 0 aliphatic heterocycles. The van der Waals surface area contributed by atoms with Gasteiger partial charge in [0.15, 0.2) is 5.78 Å². The molecular formula is C45H61Cl2NO6S. The van der Waals surface area contributed by atoms with Gasteiger partial charge in [-0.05, 0) is 84.7 Å². The number of fused-ring (bicyclic) bond motifs is 3. The van der Waals surface area contributed by atoms with Crippen molar-refractivity contribution in [3.8, 4) is 5.69 Å². The lowest BCUT2D eigenvalue weighted by Gasteiger charge is -2.16. The first-order valence-electron chi connectivity index (χ1n) is 18.5. The van der Waals surface area contributed by atoms with Gasteiger partial charge in [0, 0.05) is 45.8 Å². The molecule has 1 heterocycles. The van der Waals surface area contributed by atoms with Gasteiger partial charge < -0.3 is 14.0 Å². The number of ketones is 1. The summed E-state index contributed by atoms with van der Waals surface area (Å²) in [5.41, 5.74) is 4.80. The third-order valence-corrected chi connectivity index (χ3v) is 8.44. The van der Waals surface area contributed by atoms with Gasteiger partial charge in [0.2, 0.25) is 0 Å². The summed E-state index contributed by atoms with van der Waals surface area (Å²) >= 11 is 12.2. The molecule has 0 spiro atoms. The molecule has 55 heavy (non-hydrogen) atoms. The summed E-state index contributed by atoms with van der Waals surface area (Å²) in [6.07, 6.45) is 1.05. The first-order valence-corrected chi connectivity index (χ1v) is 21.1. The molecule has 0 atom stereocenters. The van der Waals surface area contributed by atoms with E-state index >= 15 is 0 Å². The van der Waals surface area contributed by atoms with Gasteiger partial charge >= 0.3 is 0 Å². The molecule has 0 saturated carbocycles. The number of hydrogen-bond acceptors (Lipinski definition) is 6. The van der Waals surface area contributed by atoms with Crippen molar-refractivity contribution in [3.63, 3.8) is 0 Å². The van der Waals surface area contributed by atoms with E-state index in [1.165, 1.54) is 10.8 Å². The van der Waals surface area contributed by atoms with Crippen molar-refractivity contribution in [2.45, 2.75) is 76.2 Å². The van der Waals surface area contributed by atoms with Crippen molar-refractivity contribution in [2.75, 3.05) is 39.3 Å². The Kier molecular flexibility index (Phi) is 18.6. The van der Waals surface area contributed by atoms with Crippen LogP contribution in [0.15, 0.2) is 91.0 Å². The van der Waals surface area contributed by atoms with Crippen LogP contribution in [0.5, 0.6) is 0 Å². The van der Waals surface area contributed by atoms with Crippen molar-refractivity contribution in [2.24, 2.45) is 16.2 Å². The molecule has 0 amide bonds. The molecule has 0 N–H and O–H groups in total. The standard InChI is InChI=1S/C25H15Cl2NO.2C7H16O.C6H14O3S/c26-17-11-14-22(27)21(15-17)25(29)16-9-12-18(13-10-16)28-23-7-3-1-5-19(23)20-6-2-4-8-24(20)28;2*1-5-8-6-7(2,3)4;1-6(2,3)5-9-10(4,7)8/h1-15H;2*5-6H2,1-4H3;5H2,1-4H3. The quantitative estimate of drug-likeness (QED) is 0.109. The average Bonchev–Trinajstić information content (AvgIpc) is 3.44. The second kappa shape index (κ2) is 21.3. The number of nitrogens with zero attached hydrogens (tertiary/aromatic N) is 1. The zero-order chi connectivity index (χ0) is 41.6. The van der Waals surface area contributed by atoms with Crippen LogP contribution >= 0.6 is 23.2 Å². The van der Waals surface area contributed by atoms with Crippen molar-refractivity contribution < 1.29 is 26.9 Å². The maximum atomic E-state index is 12.9. The van der Waals surface area contributed by atoms with Gasteiger partial charge in [-0.1, -0.05) is 122 Å². The van der Waals surface area contributed by atoms with Crippen LogP contribution in [-0.2, 0) is 23.8 Å². The second-order valence-corrected chi connectivity index (χ2v) is 19.3. The van der Waals surface area contributed by atoms with E-state index in [-0.39, 0.29) is 17.8 Å². The largest absolute Gasteiger partial charge is 0.381 e. The number of halogens is 2. The number of benzene rings is 4. The summed E-state index contributed by atoms with van der Waals surface area (Å²) in [5.74, 6) is -0.147. The summed E-state index contributed by atoms with van der Waals surface area (Å²) in [4.78, 5) is 12.9. The molecule has 0 unspecified atom stereocenters. The van der Waals surface area contributed by atoms with Gasteiger partial charge in [0.05, 0.1) is 42.1 Å². The van der Waals surface area contributed by atoms with Gasteiger partial charge in [-0.3, -0.25) is 8.98 Å². The number of carbonyl (C=O) groups is 1. The van der Waals surface area contributed by atoms with E-state index < -0.39 is 10.1 Å². The molecule has 4 aromatic carbocycles. The molecule has 10 heteroatoms. The predicted molar refractivity (Wildman–Crippen MR) is 233 cm³/mol. The van der Waals surface area contributed by atoms with Crippen LogP contribution in [0, 0.1) is 16.2 Å². The molecule has 7 nitrogen and oxygen atoms in total. The van der Waals surface area contributed by atoms with E-state index in [0.717, 1.165) is 49.4 Å². The van der Waals surface area contributed by atoms with Gasteiger partial charge in [0.25, 0.3) is 10.1 Å². The minimum absolute atomic E-state index is 0.0942. The van der Waals surface area contributed by atoms with E-state index in [1.54, 1.807) is 18.2 Å². The highest BCUT2D eigenvalue weighted by atomic mass is 35.5. The molecule has 302 valence electrons. The van der Waals surface area contributed by atoms with E-state index in [2.05, 4.69) is 86.7 Å². The van der Waals surface area contributed by atoms with Crippen LogP contribution in [0.25, 0.3) is 27.5 Å². The molecule has 1 aromatic heterocycles. The van der Waals surface area contributed by atoms with Gasteiger partial charge in [-0.2, -0.15) is 8.42 Å². The van der Waals surface area contributed by atoms with Crippen molar-refractivity contribution in [1.82, 2.24) is 4.57 Å². The Bertz CT molecular complexity index is 1980. The summed E-state index contributed by atoms with van der Waals surface area (Å²) in [6, 6.07) is 29.2. The minimum Gasteiger partial charge on any atom is -0.381 e. The van der Waals surface area contributed by atoms with E-state index in [0.29, 0.717) is 32.0 Å². The highest BCUT2D eigenvalue weighted by Gasteiger charge is 2.16. The number of aromatic nitrogens is 1. The lowest BCUT2D eigenvalue weighted by atomic mass is 9.99. The third-order valence-electron chi connectivity index (χ3n) is 7.33. The van der Waals surface area contributed by atoms with E-state index in [1.807, 2.05) is 71.0 Å². The Morgan fingerprint density at radius 2 is 1.07 bits per heavy atom. The lowest BCUT2D eigenvalue weighted by Crippen LogP contribution is -2.17. The third kappa shape index (κ3) is 17.6. The Morgan fingerprint density at radius 3 is 1.44 bits per heavy atom. The fourth-order valence-electron chi connectivity index (χ4n) is 4.89. The summed E-state index contributed by atoms with van der Waals surface area (Å²) in [6.45, 7) is 26.4. The number of carbonyl (C=O) groups excluding carboxylic acids is 1. The topological polar surface area (TPSA) is 83.8 Å². The molecule has 0 aliphatic rings. The molecule has 0 bridgehead atoms. The zero-order valence-corrected chi connectivity index (χ0v) is 37.1. The highest BCUT2D eigenvalue weighted by molar-refractivity contribution is 7.85. The molecule has 0 radical (unpaired) electrons. The van der Waals surface area contributed by atoms with E-state index in [4.69, 9.17) is 32.7 Å². The molecule has 5 aromatic rings. The van der Waals surface area contributed by atoms with Crippen LogP contribution < -0.4 is 0 Å². The van der Waals surface area contributed by atoms with Crippen LogP contribution in [-0.4, -0.2) is 58.1 Å². The average molecular weight is 815 g/mol. The van der Waals surface area contributed by atoms with Crippen LogP contribution in [0.2, 0.25) is 10.0 Å². The Hall–Kier alpha value is -3.24. The Balaban J connectivity index is 0.000000330. The van der Waals surface area contributed by atoms with Crippen molar-refractivity contribution in [1.29, 1.82) is 0 Å². The summed E-state index contributed by atoms with van der Waals surface area (Å²) in [7, 11) is -3.26. The summed E-state index contributed by atoms with van der Waals surface area (Å²) < 4.78 is 38.1. The SMILES string of the molecule is CC(C)(C)COS(C)(=O)=O.CCOCC(C)(C)C.CCOCC(C)(C)C.O=C(c1ccc(-n2c3ccccc3c3ccccc32)cc1)c1cc(Cl)ccc1Cl. The molecule has 0 aliphatic carbocycles. The number of rotatable bonds is 9. The maximum absolute atomic E-state index is 12.9.